The van der Waals surface area contributed by atoms with E-state index in [4.69, 9.17) is 4.74 Å². The van der Waals surface area contributed by atoms with E-state index in [0.717, 1.165) is 31.2 Å². The third-order valence-electron chi connectivity index (χ3n) is 4.64. The van der Waals surface area contributed by atoms with Crippen molar-refractivity contribution in [3.05, 3.63) is 46.2 Å². The molecule has 0 radical (unpaired) electrons. The van der Waals surface area contributed by atoms with Crippen molar-refractivity contribution in [3.63, 3.8) is 0 Å². The normalized spacial score (nSPS) is 17.9. The van der Waals surface area contributed by atoms with Crippen LogP contribution >= 0.6 is 0 Å². The van der Waals surface area contributed by atoms with Crippen molar-refractivity contribution < 1.29 is 14.5 Å². The lowest BCUT2D eigenvalue weighted by molar-refractivity contribution is -0.384. The molecule has 1 aliphatic carbocycles. The number of nitrogens with zero attached hydrogens (tertiary/aromatic N) is 2. The van der Waals surface area contributed by atoms with Crippen molar-refractivity contribution in [2.45, 2.75) is 44.6 Å². The predicted molar refractivity (Wildman–Crippen MR) is 94.6 cm³/mol. The van der Waals surface area contributed by atoms with E-state index in [1.807, 2.05) is 12.1 Å². The van der Waals surface area contributed by atoms with E-state index in [0.29, 0.717) is 30.5 Å². The highest BCUT2D eigenvalue weighted by molar-refractivity contribution is 5.69. The van der Waals surface area contributed by atoms with Gasteiger partial charge >= 0.3 is 6.09 Å². The van der Waals surface area contributed by atoms with Gasteiger partial charge in [-0.15, -0.1) is 0 Å². The zero-order valence-electron chi connectivity index (χ0n) is 14.4. The van der Waals surface area contributed by atoms with Crippen LogP contribution in [-0.4, -0.2) is 35.0 Å². The van der Waals surface area contributed by atoms with E-state index in [1.54, 1.807) is 17.9 Å². The summed E-state index contributed by atoms with van der Waals surface area (Å²) in [5.41, 5.74) is 1.85. The summed E-state index contributed by atoms with van der Waals surface area (Å²) < 4.78 is 5.03. The van der Waals surface area contributed by atoms with Crippen LogP contribution < -0.4 is 5.32 Å². The highest BCUT2D eigenvalue weighted by atomic mass is 16.6. The Morgan fingerprint density at radius 3 is 2.56 bits per heavy atom. The lowest BCUT2D eigenvalue weighted by atomic mass is 10.0. The van der Waals surface area contributed by atoms with Crippen LogP contribution in [0, 0.1) is 10.1 Å². The van der Waals surface area contributed by atoms with Gasteiger partial charge in [-0.25, -0.2) is 4.79 Å². The van der Waals surface area contributed by atoms with Crippen molar-refractivity contribution >= 4 is 17.5 Å². The molecule has 1 saturated heterocycles. The van der Waals surface area contributed by atoms with Crippen molar-refractivity contribution in [1.29, 1.82) is 0 Å². The molecule has 1 aliphatic heterocycles. The zero-order valence-corrected chi connectivity index (χ0v) is 14.4. The Balaban J connectivity index is 1.63. The Hall–Kier alpha value is -2.57. The molecular weight excluding hydrogens is 322 g/mol. The second kappa shape index (κ2) is 7.13. The number of anilines is 1. The van der Waals surface area contributed by atoms with Gasteiger partial charge in [-0.05, 0) is 50.2 Å². The molecule has 3 rings (SSSR count). The molecule has 0 aromatic heterocycles. The molecule has 1 heterocycles. The Kier molecular flexibility index (Phi) is 4.92. The standard InChI is InChI=1S/C18H23N3O4/c1-12(2)25-18(22)20-9-7-15(8-10-20)19-16-11-14(13-3-4-13)5-6-17(16)21(23)24/h5-6,11,13,15,19H,1,3-4,7-10H2,2H3. The number of hydrogen-bond acceptors (Lipinski definition) is 5. The van der Waals surface area contributed by atoms with Crippen LogP contribution in [0.2, 0.25) is 0 Å². The van der Waals surface area contributed by atoms with Gasteiger partial charge in [0.25, 0.3) is 5.69 Å². The van der Waals surface area contributed by atoms with E-state index < -0.39 is 0 Å². The van der Waals surface area contributed by atoms with Crippen LogP contribution in [0.15, 0.2) is 30.5 Å². The number of likely N-dealkylation sites (tertiary alicyclic amines) is 1. The molecule has 0 spiro atoms. The first-order valence-corrected chi connectivity index (χ1v) is 8.61. The van der Waals surface area contributed by atoms with Crippen molar-refractivity contribution in [2.75, 3.05) is 18.4 Å². The van der Waals surface area contributed by atoms with Gasteiger partial charge in [0.05, 0.1) is 10.7 Å². The summed E-state index contributed by atoms with van der Waals surface area (Å²) >= 11 is 0. The van der Waals surface area contributed by atoms with Crippen LogP contribution in [0.4, 0.5) is 16.2 Å². The van der Waals surface area contributed by atoms with Crippen LogP contribution in [0.5, 0.6) is 0 Å². The van der Waals surface area contributed by atoms with Gasteiger partial charge in [-0.3, -0.25) is 10.1 Å². The number of nitro benzene ring substituents is 1. The van der Waals surface area contributed by atoms with E-state index in [-0.39, 0.29) is 22.7 Å². The Morgan fingerprint density at radius 1 is 1.32 bits per heavy atom. The number of carbonyl (C=O) groups is 1. The summed E-state index contributed by atoms with van der Waals surface area (Å²) in [6.07, 6.45) is 3.36. The molecule has 1 aromatic carbocycles. The van der Waals surface area contributed by atoms with Gasteiger partial charge in [0.1, 0.15) is 5.69 Å². The van der Waals surface area contributed by atoms with Gasteiger partial charge in [-0.1, -0.05) is 12.6 Å². The van der Waals surface area contributed by atoms with E-state index in [9.17, 15) is 14.9 Å². The van der Waals surface area contributed by atoms with E-state index >= 15 is 0 Å². The number of benzene rings is 1. The molecular formula is C18H23N3O4. The number of carbonyl (C=O) groups excluding carboxylic acids is 1. The maximum Gasteiger partial charge on any atom is 0.414 e. The monoisotopic (exact) mass is 345 g/mol. The number of nitrogens with one attached hydrogen (secondary N) is 1. The molecule has 1 saturated carbocycles. The van der Waals surface area contributed by atoms with Crippen LogP contribution in [0.3, 0.4) is 0 Å². The molecule has 0 bridgehead atoms. The van der Waals surface area contributed by atoms with Gasteiger partial charge in [0.15, 0.2) is 0 Å². The first kappa shape index (κ1) is 17.3. The maximum atomic E-state index is 11.9. The van der Waals surface area contributed by atoms with Crippen molar-refractivity contribution in [3.8, 4) is 0 Å². The van der Waals surface area contributed by atoms with Gasteiger partial charge < -0.3 is 15.0 Å². The number of ether oxygens (including phenoxy) is 1. The molecule has 134 valence electrons. The lowest BCUT2D eigenvalue weighted by Gasteiger charge is -2.32. The fourth-order valence-corrected chi connectivity index (χ4v) is 3.14. The Labute approximate surface area is 146 Å². The minimum absolute atomic E-state index is 0.0991. The molecule has 0 unspecified atom stereocenters. The Bertz CT molecular complexity index is 692. The maximum absolute atomic E-state index is 11.9. The second-order valence-electron chi connectivity index (χ2n) is 6.78. The summed E-state index contributed by atoms with van der Waals surface area (Å²) in [7, 11) is 0. The number of hydrogen-bond donors (Lipinski definition) is 1. The minimum atomic E-state index is -0.382. The molecule has 2 fully saturated rings. The third-order valence-corrected chi connectivity index (χ3v) is 4.64. The summed E-state index contributed by atoms with van der Waals surface area (Å²) in [5, 5.41) is 14.6. The minimum Gasteiger partial charge on any atom is -0.416 e. The number of amides is 1. The third kappa shape index (κ3) is 4.29. The summed E-state index contributed by atoms with van der Waals surface area (Å²) in [6, 6.07) is 5.46. The lowest BCUT2D eigenvalue weighted by Crippen LogP contribution is -2.42. The average molecular weight is 345 g/mol. The molecule has 7 heteroatoms. The summed E-state index contributed by atoms with van der Waals surface area (Å²) in [5.74, 6) is 0.915. The molecule has 1 N–H and O–H groups in total. The number of allylic oxidation sites excluding steroid dienone is 1. The number of piperidine rings is 1. The van der Waals surface area contributed by atoms with Gasteiger partial charge in [-0.2, -0.15) is 0 Å². The summed E-state index contributed by atoms with van der Waals surface area (Å²) in [6.45, 7) is 6.32. The number of nitro groups is 1. The first-order valence-electron chi connectivity index (χ1n) is 8.61. The highest BCUT2D eigenvalue weighted by Crippen LogP contribution is 2.42. The van der Waals surface area contributed by atoms with Crippen LogP contribution in [0.25, 0.3) is 0 Å². The van der Waals surface area contributed by atoms with Gasteiger partial charge in [0.2, 0.25) is 0 Å². The Morgan fingerprint density at radius 2 is 2.00 bits per heavy atom. The molecule has 0 atom stereocenters. The first-order chi connectivity index (χ1) is 11.9. The molecule has 25 heavy (non-hydrogen) atoms. The molecule has 1 amide bonds. The summed E-state index contributed by atoms with van der Waals surface area (Å²) in [4.78, 5) is 24.5. The van der Waals surface area contributed by atoms with Crippen molar-refractivity contribution in [2.24, 2.45) is 0 Å². The zero-order chi connectivity index (χ0) is 18.0. The quantitative estimate of drug-likeness (QED) is 0.495. The van der Waals surface area contributed by atoms with Crippen LogP contribution in [0.1, 0.15) is 44.1 Å². The molecule has 2 aliphatic rings. The SMILES string of the molecule is C=C(C)OC(=O)N1CCC(Nc2cc(C3CC3)ccc2[N+](=O)[O-])CC1. The molecule has 1 aromatic rings. The second-order valence-corrected chi connectivity index (χ2v) is 6.78. The molecule has 7 nitrogen and oxygen atoms in total. The average Bonchev–Trinajstić information content (AvgIpc) is 3.39. The predicted octanol–water partition coefficient (Wildman–Crippen LogP) is 4.02. The largest absolute Gasteiger partial charge is 0.416 e. The smallest absolute Gasteiger partial charge is 0.414 e. The van der Waals surface area contributed by atoms with Crippen molar-refractivity contribution in [1.82, 2.24) is 4.90 Å². The fraction of sp³-hybridized carbons (Fsp3) is 0.500. The van der Waals surface area contributed by atoms with E-state index in [1.165, 1.54) is 0 Å². The topological polar surface area (TPSA) is 84.7 Å². The fourth-order valence-electron chi connectivity index (χ4n) is 3.14. The number of rotatable bonds is 5. The van der Waals surface area contributed by atoms with Gasteiger partial charge in [0, 0.05) is 25.2 Å². The highest BCUT2D eigenvalue weighted by Gasteiger charge is 2.28. The van der Waals surface area contributed by atoms with E-state index in [2.05, 4.69) is 11.9 Å². The van der Waals surface area contributed by atoms with Crippen LogP contribution in [-0.2, 0) is 4.74 Å².